The summed E-state index contributed by atoms with van der Waals surface area (Å²) in [7, 11) is 0. The number of aryl methyl sites for hydroxylation is 1. The average molecular weight is 343 g/mol. The van der Waals surface area contributed by atoms with Crippen LogP contribution < -0.4 is 21.7 Å². The van der Waals surface area contributed by atoms with Crippen molar-refractivity contribution in [3.8, 4) is 11.3 Å². The van der Waals surface area contributed by atoms with Crippen molar-refractivity contribution in [3.63, 3.8) is 0 Å². The van der Waals surface area contributed by atoms with Crippen molar-refractivity contribution in [2.75, 3.05) is 6.54 Å². The zero-order valence-corrected chi connectivity index (χ0v) is 13.9. The van der Waals surface area contributed by atoms with Crippen molar-refractivity contribution in [1.29, 1.82) is 0 Å². The van der Waals surface area contributed by atoms with Gasteiger partial charge < -0.3 is 4.42 Å². The molecule has 0 aliphatic carbocycles. The number of hydrazine groups is 2. The lowest BCUT2D eigenvalue weighted by molar-refractivity contribution is -0.131. The highest BCUT2D eigenvalue weighted by atomic mass is 16.4. The maximum Gasteiger partial charge on any atom is 0.244 e. The van der Waals surface area contributed by atoms with E-state index in [0.29, 0.717) is 24.6 Å². The fraction of sp³-hybridized carbons (Fsp3) is 0.353. The molecule has 1 aliphatic heterocycles. The molecule has 0 bridgehead atoms. The molecule has 2 heterocycles. The fourth-order valence-corrected chi connectivity index (χ4v) is 2.60. The number of amides is 2. The number of carbonyl (C=O) groups excluding carboxylic acids is 2. The van der Waals surface area contributed by atoms with Crippen LogP contribution in [0, 0.1) is 5.92 Å². The molecule has 1 aliphatic rings. The maximum atomic E-state index is 12.0. The fourth-order valence-electron chi connectivity index (χ4n) is 2.60. The van der Waals surface area contributed by atoms with Crippen LogP contribution in [0.1, 0.15) is 19.2 Å². The Bertz CT molecular complexity index is 731. The van der Waals surface area contributed by atoms with Gasteiger partial charge in [-0.25, -0.2) is 4.98 Å². The van der Waals surface area contributed by atoms with E-state index >= 15 is 0 Å². The minimum Gasteiger partial charge on any atom is -0.441 e. The van der Waals surface area contributed by atoms with Gasteiger partial charge in [0.25, 0.3) is 0 Å². The normalized spacial score (nSPS) is 19.6. The molecule has 4 N–H and O–H groups in total. The Hall–Kier alpha value is -2.71. The lowest BCUT2D eigenvalue weighted by atomic mass is 10.0. The lowest BCUT2D eigenvalue weighted by Gasteiger charge is -2.14. The van der Waals surface area contributed by atoms with E-state index in [0.717, 1.165) is 5.56 Å². The van der Waals surface area contributed by atoms with Crippen molar-refractivity contribution < 1.29 is 14.0 Å². The molecule has 1 fully saturated rings. The monoisotopic (exact) mass is 343 g/mol. The third-order valence-electron chi connectivity index (χ3n) is 4.09. The molecule has 2 aromatic rings. The molecule has 8 nitrogen and oxygen atoms in total. The summed E-state index contributed by atoms with van der Waals surface area (Å²) in [4.78, 5) is 28.0. The number of nitrogens with zero attached hydrogens (tertiary/aromatic N) is 1. The van der Waals surface area contributed by atoms with Crippen LogP contribution in [0.2, 0.25) is 0 Å². The van der Waals surface area contributed by atoms with Crippen LogP contribution in [0.3, 0.4) is 0 Å². The van der Waals surface area contributed by atoms with Gasteiger partial charge in [0.2, 0.25) is 11.8 Å². The van der Waals surface area contributed by atoms with E-state index in [-0.39, 0.29) is 30.2 Å². The van der Waals surface area contributed by atoms with E-state index < -0.39 is 0 Å². The molecular formula is C17H21N5O3. The van der Waals surface area contributed by atoms with Gasteiger partial charge in [0.15, 0.2) is 11.7 Å². The number of oxazole rings is 1. The summed E-state index contributed by atoms with van der Waals surface area (Å²) in [6.07, 6.45) is 2.18. The molecule has 2 unspecified atom stereocenters. The first kappa shape index (κ1) is 17.1. The van der Waals surface area contributed by atoms with Crippen LogP contribution in [0.25, 0.3) is 11.3 Å². The largest absolute Gasteiger partial charge is 0.441 e. The van der Waals surface area contributed by atoms with Crippen molar-refractivity contribution >= 4 is 11.8 Å². The summed E-state index contributed by atoms with van der Waals surface area (Å²) >= 11 is 0. The highest BCUT2D eigenvalue weighted by Crippen LogP contribution is 2.20. The predicted octanol–water partition coefficient (Wildman–Crippen LogP) is 0.534. The minimum atomic E-state index is -0.292. The van der Waals surface area contributed by atoms with Gasteiger partial charge in [0.05, 0.1) is 12.1 Å². The second-order valence-electron chi connectivity index (χ2n) is 5.94. The summed E-state index contributed by atoms with van der Waals surface area (Å²) in [5.41, 5.74) is 11.7. The molecule has 1 saturated heterocycles. The molecule has 1 aromatic carbocycles. The van der Waals surface area contributed by atoms with Gasteiger partial charge >= 0.3 is 0 Å². The first-order chi connectivity index (χ1) is 12.1. The molecule has 1 aromatic heterocycles. The highest BCUT2D eigenvalue weighted by Gasteiger charge is 2.29. The Morgan fingerprint density at radius 3 is 2.80 bits per heavy atom. The Balaban J connectivity index is 1.43. The summed E-state index contributed by atoms with van der Waals surface area (Å²) in [6, 6.07) is 9.65. The van der Waals surface area contributed by atoms with Crippen LogP contribution >= 0.6 is 0 Å². The summed E-state index contributed by atoms with van der Waals surface area (Å²) in [5, 5.41) is 0. The van der Waals surface area contributed by atoms with Gasteiger partial charge in [-0.1, -0.05) is 30.3 Å². The third kappa shape index (κ3) is 4.43. The van der Waals surface area contributed by atoms with Crippen molar-refractivity contribution in [3.05, 3.63) is 42.4 Å². The van der Waals surface area contributed by atoms with Gasteiger partial charge in [-0.3, -0.25) is 31.3 Å². The molecule has 0 radical (unpaired) electrons. The Kier molecular flexibility index (Phi) is 5.42. The van der Waals surface area contributed by atoms with Crippen molar-refractivity contribution in [1.82, 2.24) is 26.7 Å². The molecule has 0 saturated carbocycles. The van der Waals surface area contributed by atoms with Crippen LogP contribution in [-0.4, -0.2) is 29.4 Å². The minimum absolute atomic E-state index is 0.0145. The maximum absolute atomic E-state index is 12.0. The summed E-state index contributed by atoms with van der Waals surface area (Å²) < 4.78 is 5.65. The topological polar surface area (TPSA) is 108 Å². The van der Waals surface area contributed by atoms with Crippen molar-refractivity contribution in [2.45, 2.75) is 25.8 Å². The molecule has 0 spiro atoms. The number of nitrogens with one attached hydrogen (secondary N) is 4. The van der Waals surface area contributed by atoms with Gasteiger partial charge in [-0.2, -0.15) is 0 Å². The smallest absolute Gasteiger partial charge is 0.244 e. The SMILES string of the molecule is CC1NNCC1C(=O)NNC(=O)CCc1ncc(-c2ccccc2)o1. The first-order valence-electron chi connectivity index (χ1n) is 8.20. The average Bonchev–Trinajstić information content (AvgIpc) is 3.27. The molecule has 25 heavy (non-hydrogen) atoms. The van der Waals surface area contributed by atoms with Gasteiger partial charge in [0.1, 0.15) is 0 Å². The van der Waals surface area contributed by atoms with E-state index in [1.165, 1.54) is 0 Å². The number of hydrogen-bond donors (Lipinski definition) is 4. The first-order valence-corrected chi connectivity index (χ1v) is 8.20. The van der Waals surface area contributed by atoms with Gasteiger partial charge in [0, 0.05) is 31.0 Å². The zero-order chi connectivity index (χ0) is 17.6. The number of benzene rings is 1. The van der Waals surface area contributed by atoms with E-state index in [4.69, 9.17) is 4.42 Å². The van der Waals surface area contributed by atoms with Crippen LogP contribution in [0.15, 0.2) is 40.9 Å². The quantitative estimate of drug-likeness (QED) is 0.590. The highest BCUT2D eigenvalue weighted by molar-refractivity contribution is 5.84. The third-order valence-corrected chi connectivity index (χ3v) is 4.09. The number of aromatic nitrogens is 1. The summed E-state index contributed by atoms with van der Waals surface area (Å²) in [6.45, 7) is 2.43. The van der Waals surface area contributed by atoms with E-state index in [1.54, 1.807) is 6.20 Å². The molecule has 8 heteroatoms. The molecule has 3 rings (SSSR count). The van der Waals surface area contributed by atoms with Gasteiger partial charge in [-0.05, 0) is 6.92 Å². The number of rotatable bonds is 5. The molecule has 132 valence electrons. The predicted molar refractivity (Wildman–Crippen MR) is 90.6 cm³/mol. The Labute approximate surface area is 145 Å². The van der Waals surface area contributed by atoms with Crippen LogP contribution in [0.5, 0.6) is 0 Å². The molecule has 2 amide bonds. The van der Waals surface area contributed by atoms with E-state index in [2.05, 4.69) is 26.7 Å². The Morgan fingerprint density at radius 2 is 2.08 bits per heavy atom. The standard InChI is InChI=1S/C17H21N5O3/c1-11-13(9-19-20-11)17(24)22-21-15(23)7-8-16-18-10-14(25-16)12-5-3-2-4-6-12/h2-6,10-11,13,19-20H,7-9H2,1H3,(H,21,23)(H,22,24). The van der Waals surface area contributed by atoms with Crippen molar-refractivity contribution in [2.24, 2.45) is 5.92 Å². The van der Waals surface area contributed by atoms with Gasteiger partial charge in [-0.15, -0.1) is 0 Å². The molecular weight excluding hydrogens is 322 g/mol. The zero-order valence-electron chi connectivity index (χ0n) is 13.9. The van der Waals surface area contributed by atoms with E-state index in [9.17, 15) is 9.59 Å². The molecule has 2 atom stereocenters. The summed E-state index contributed by atoms with van der Waals surface area (Å²) in [5.74, 6) is 0.415. The van der Waals surface area contributed by atoms with Crippen LogP contribution in [0.4, 0.5) is 0 Å². The second kappa shape index (κ2) is 7.91. The van der Waals surface area contributed by atoms with Crippen LogP contribution in [-0.2, 0) is 16.0 Å². The lowest BCUT2D eigenvalue weighted by Crippen LogP contribution is -2.47. The Morgan fingerprint density at radius 1 is 1.28 bits per heavy atom. The van der Waals surface area contributed by atoms with E-state index in [1.807, 2.05) is 37.3 Å². The number of hydrogen-bond acceptors (Lipinski definition) is 6. The second-order valence-corrected chi connectivity index (χ2v) is 5.94. The number of carbonyl (C=O) groups is 2.